The number of hydrogen-bond donors (Lipinski definition) is 1. The third-order valence-electron chi connectivity index (χ3n) is 3.26. The molecule has 0 saturated carbocycles. The highest BCUT2D eigenvalue weighted by molar-refractivity contribution is 4.75. The maximum Gasteiger partial charge on any atom is 0.0623 e. The molecule has 0 bridgehead atoms. The summed E-state index contributed by atoms with van der Waals surface area (Å²) in [5.74, 6) is 0. The van der Waals surface area contributed by atoms with Gasteiger partial charge in [0.2, 0.25) is 0 Å². The lowest BCUT2D eigenvalue weighted by molar-refractivity contribution is 0.0114. The molecular formula is C14H32N2O. The highest BCUT2D eigenvalue weighted by Gasteiger charge is 2.18. The second-order valence-electron chi connectivity index (χ2n) is 5.75. The maximum absolute atomic E-state index is 5.48. The summed E-state index contributed by atoms with van der Waals surface area (Å²) in [6.07, 6.45) is 4.71. The first-order valence-electron chi connectivity index (χ1n) is 6.84. The third-order valence-corrected chi connectivity index (χ3v) is 3.26. The van der Waals surface area contributed by atoms with E-state index in [1.165, 1.54) is 19.3 Å². The standard InChI is InChI=1S/C14H32N2O/c1-7-11-15-13(9-12-16(4)5)8-10-14(2,3)17-6/h13,15H,7-12H2,1-6H3. The van der Waals surface area contributed by atoms with Crippen molar-refractivity contribution in [3.8, 4) is 0 Å². The zero-order valence-electron chi connectivity index (χ0n) is 12.7. The largest absolute Gasteiger partial charge is 0.379 e. The molecule has 0 aliphatic carbocycles. The van der Waals surface area contributed by atoms with Crippen LogP contribution in [0.4, 0.5) is 0 Å². The molecule has 0 fully saturated rings. The topological polar surface area (TPSA) is 24.5 Å². The van der Waals surface area contributed by atoms with Crippen molar-refractivity contribution in [2.24, 2.45) is 0 Å². The fourth-order valence-electron chi connectivity index (χ4n) is 1.73. The average Bonchev–Trinajstić information content (AvgIpc) is 2.28. The Morgan fingerprint density at radius 2 is 1.88 bits per heavy atom. The van der Waals surface area contributed by atoms with E-state index in [2.05, 4.69) is 45.1 Å². The van der Waals surface area contributed by atoms with Gasteiger partial charge < -0.3 is 15.0 Å². The van der Waals surface area contributed by atoms with E-state index in [1.54, 1.807) is 7.11 Å². The molecule has 0 heterocycles. The molecular weight excluding hydrogens is 212 g/mol. The average molecular weight is 244 g/mol. The zero-order chi connectivity index (χ0) is 13.3. The van der Waals surface area contributed by atoms with Crippen molar-refractivity contribution in [1.82, 2.24) is 10.2 Å². The molecule has 0 spiro atoms. The van der Waals surface area contributed by atoms with Crippen LogP contribution in [0.5, 0.6) is 0 Å². The first-order chi connectivity index (χ1) is 7.91. The van der Waals surface area contributed by atoms with Crippen LogP contribution in [0.15, 0.2) is 0 Å². The smallest absolute Gasteiger partial charge is 0.0623 e. The Hall–Kier alpha value is -0.120. The molecule has 0 rings (SSSR count). The van der Waals surface area contributed by atoms with Crippen molar-refractivity contribution in [2.75, 3.05) is 34.3 Å². The van der Waals surface area contributed by atoms with Gasteiger partial charge in [-0.05, 0) is 66.7 Å². The van der Waals surface area contributed by atoms with Crippen LogP contribution in [0, 0.1) is 0 Å². The molecule has 1 N–H and O–H groups in total. The molecule has 3 nitrogen and oxygen atoms in total. The minimum Gasteiger partial charge on any atom is -0.379 e. The van der Waals surface area contributed by atoms with E-state index in [9.17, 15) is 0 Å². The summed E-state index contributed by atoms with van der Waals surface area (Å²) in [6, 6.07) is 0.617. The van der Waals surface area contributed by atoms with Gasteiger partial charge in [-0.1, -0.05) is 6.92 Å². The van der Waals surface area contributed by atoms with E-state index in [4.69, 9.17) is 4.74 Å². The van der Waals surface area contributed by atoms with Gasteiger partial charge >= 0.3 is 0 Å². The predicted octanol–water partition coefficient (Wildman–Crippen LogP) is 2.51. The number of methoxy groups -OCH3 is 1. The van der Waals surface area contributed by atoms with Gasteiger partial charge in [-0.25, -0.2) is 0 Å². The molecule has 0 saturated heterocycles. The fourth-order valence-corrected chi connectivity index (χ4v) is 1.73. The highest BCUT2D eigenvalue weighted by atomic mass is 16.5. The Morgan fingerprint density at radius 3 is 2.35 bits per heavy atom. The molecule has 1 unspecified atom stereocenters. The lowest BCUT2D eigenvalue weighted by Crippen LogP contribution is -2.35. The summed E-state index contributed by atoms with van der Waals surface area (Å²) in [6.45, 7) is 8.81. The first-order valence-corrected chi connectivity index (χ1v) is 6.84. The predicted molar refractivity (Wildman–Crippen MR) is 75.6 cm³/mol. The number of hydrogen-bond acceptors (Lipinski definition) is 3. The Bertz CT molecular complexity index is 181. The van der Waals surface area contributed by atoms with Gasteiger partial charge in [-0.3, -0.25) is 0 Å². The summed E-state index contributed by atoms with van der Waals surface area (Å²) in [5, 5.41) is 3.64. The first kappa shape index (κ1) is 16.9. The Kier molecular flexibility index (Phi) is 8.83. The van der Waals surface area contributed by atoms with E-state index in [0.717, 1.165) is 19.5 Å². The van der Waals surface area contributed by atoms with Crippen LogP contribution < -0.4 is 5.32 Å². The second kappa shape index (κ2) is 8.90. The van der Waals surface area contributed by atoms with E-state index in [-0.39, 0.29) is 5.60 Å². The number of rotatable bonds is 10. The molecule has 17 heavy (non-hydrogen) atoms. The van der Waals surface area contributed by atoms with Gasteiger partial charge in [0.05, 0.1) is 5.60 Å². The lowest BCUT2D eigenvalue weighted by Gasteiger charge is -2.27. The SMILES string of the molecule is CCCNC(CCN(C)C)CCC(C)(C)OC. The van der Waals surface area contributed by atoms with Crippen molar-refractivity contribution in [3.63, 3.8) is 0 Å². The Balaban J connectivity index is 4.00. The van der Waals surface area contributed by atoms with Crippen molar-refractivity contribution >= 4 is 0 Å². The summed E-state index contributed by atoms with van der Waals surface area (Å²) < 4.78 is 5.48. The Labute approximate surface area is 108 Å². The van der Waals surface area contributed by atoms with Gasteiger partial charge in [0.25, 0.3) is 0 Å². The molecule has 0 aliphatic heterocycles. The number of nitrogens with one attached hydrogen (secondary N) is 1. The normalized spacial score (nSPS) is 14.3. The van der Waals surface area contributed by atoms with Gasteiger partial charge in [0, 0.05) is 13.2 Å². The second-order valence-corrected chi connectivity index (χ2v) is 5.75. The third kappa shape index (κ3) is 9.57. The monoisotopic (exact) mass is 244 g/mol. The number of nitrogens with zero attached hydrogens (tertiary/aromatic N) is 1. The van der Waals surface area contributed by atoms with E-state index < -0.39 is 0 Å². The summed E-state index contributed by atoms with van der Waals surface area (Å²) >= 11 is 0. The van der Waals surface area contributed by atoms with Crippen LogP contribution in [0.2, 0.25) is 0 Å². The zero-order valence-corrected chi connectivity index (χ0v) is 12.7. The quantitative estimate of drug-likeness (QED) is 0.639. The van der Waals surface area contributed by atoms with E-state index >= 15 is 0 Å². The highest BCUT2D eigenvalue weighted by Crippen LogP contribution is 2.17. The van der Waals surface area contributed by atoms with Gasteiger partial charge in [0.1, 0.15) is 0 Å². The fraction of sp³-hybridized carbons (Fsp3) is 1.00. The molecule has 104 valence electrons. The number of ether oxygens (including phenoxy) is 1. The van der Waals surface area contributed by atoms with E-state index in [0.29, 0.717) is 6.04 Å². The van der Waals surface area contributed by atoms with Crippen LogP contribution in [-0.4, -0.2) is 50.8 Å². The lowest BCUT2D eigenvalue weighted by atomic mass is 9.97. The van der Waals surface area contributed by atoms with Crippen molar-refractivity contribution < 1.29 is 4.74 Å². The van der Waals surface area contributed by atoms with Crippen LogP contribution in [0.1, 0.15) is 46.5 Å². The molecule has 0 aromatic carbocycles. The van der Waals surface area contributed by atoms with E-state index in [1.807, 2.05) is 0 Å². The molecule has 0 aromatic rings. The summed E-state index contributed by atoms with van der Waals surface area (Å²) in [5.41, 5.74) is 0.00423. The van der Waals surface area contributed by atoms with Gasteiger partial charge in [0.15, 0.2) is 0 Å². The van der Waals surface area contributed by atoms with Crippen molar-refractivity contribution in [2.45, 2.75) is 58.1 Å². The van der Waals surface area contributed by atoms with Gasteiger partial charge in [-0.15, -0.1) is 0 Å². The minimum atomic E-state index is 0.00423. The van der Waals surface area contributed by atoms with Crippen LogP contribution in [0.25, 0.3) is 0 Å². The van der Waals surface area contributed by atoms with Crippen LogP contribution in [-0.2, 0) is 4.74 Å². The molecule has 3 heteroatoms. The molecule has 0 aromatic heterocycles. The Morgan fingerprint density at radius 1 is 1.24 bits per heavy atom. The van der Waals surface area contributed by atoms with Gasteiger partial charge in [-0.2, -0.15) is 0 Å². The van der Waals surface area contributed by atoms with Crippen LogP contribution in [0.3, 0.4) is 0 Å². The summed E-state index contributed by atoms with van der Waals surface area (Å²) in [4.78, 5) is 2.25. The van der Waals surface area contributed by atoms with Crippen molar-refractivity contribution in [1.29, 1.82) is 0 Å². The minimum absolute atomic E-state index is 0.00423. The molecule has 0 aliphatic rings. The summed E-state index contributed by atoms with van der Waals surface area (Å²) in [7, 11) is 6.07. The molecule has 0 amide bonds. The molecule has 1 atom stereocenters. The molecule has 0 radical (unpaired) electrons. The van der Waals surface area contributed by atoms with Crippen LogP contribution >= 0.6 is 0 Å². The maximum atomic E-state index is 5.48. The van der Waals surface area contributed by atoms with Crippen molar-refractivity contribution in [3.05, 3.63) is 0 Å².